The molecule has 1 unspecified atom stereocenters. The quantitative estimate of drug-likeness (QED) is 0.465. The van der Waals surface area contributed by atoms with Crippen LogP contribution in [0, 0.1) is 0 Å². The Morgan fingerprint density at radius 1 is 1.09 bits per heavy atom. The summed E-state index contributed by atoms with van der Waals surface area (Å²) in [7, 11) is 2.14. The second kappa shape index (κ2) is 8.85. The molecular weight excluding hydrogens is 406 g/mol. The van der Waals surface area contributed by atoms with E-state index in [0.717, 1.165) is 45.9 Å². The first-order chi connectivity index (χ1) is 15.6. The third kappa shape index (κ3) is 4.06. The number of benzene rings is 1. The van der Waals surface area contributed by atoms with Crippen LogP contribution in [0.5, 0.6) is 0 Å². The molecule has 2 aromatic heterocycles. The van der Waals surface area contributed by atoms with Crippen LogP contribution in [0.2, 0.25) is 0 Å². The molecule has 0 saturated carbocycles. The second-order valence-corrected chi connectivity index (χ2v) is 8.73. The lowest BCUT2D eigenvalue weighted by atomic mass is 9.98. The summed E-state index contributed by atoms with van der Waals surface area (Å²) in [5.74, 6) is 0.607. The van der Waals surface area contributed by atoms with Crippen LogP contribution in [0.1, 0.15) is 28.3 Å². The van der Waals surface area contributed by atoms with E-state index in [0.29, 0.717) is 11.9 Å². The highest BCUT2D eigenvalue weighted by molar-refractivity contribution is 5.92. The lowest BCUT2D eigenvalue weighted by molar-refractivity contribution is 0.0705. The molecule has 2 N–H and O–H groups in total. The highest BCUT2D eigenvalue weighted by atomic mass is 16.5. The number of aromatic nitrogens is 3. The average Bonchev–Trinajstić information content (AvgIpc) is 3.43. The van der Waals surface area contributed by atoms with Gasteiger partial charge in [0, 0.05) is 75.8 Å². The number of likely N-dealkylation sites (tertiary alicyclic amines) is 1. The number of hydrogen-bond donors (Lipinski definition) is 2. The molecule has 2 aliphatic heterocycles. The van der Waals surface area contributed by atoms with Crippen LogP contribution in [0.4, 0.5) is 5.95 Å². The van der Waals surface area contributed by atoms with Crippen molar-refractivity contribution in [1.29, 1.82) is 0 Å². The molecule has 2 saturated heterocycles. The van der Waals surface area contributed by atoms with Crippen LogP contribution in [0.3, 0.4) is 0 Å². The Kier molecular flexibility index (Phi) is 5.77. The standard InChI is InChI=1S/C23H29N7O2/c1-27-15-20(19-4-2-3-5-21(19)27)17-6-7-29(14-17)16-28-8-10-30(11-9-28)23-24-12-18(13-25-23)22(31)26-32/h2-5,12-13,15,17,32H,6-11,14,16H2,1H3,(H,26,31). The Bertz CT molecular complexity index is 1090. The van der Waals surface area contributed by atoms with Gasteiger partial charge in [-0.15, -0.1) is 0 Å². The average molecular weight is 436 g/mol. The fraction of sp³-hybridized carbons (Fsp3) is 0.435. The second-order valence-electron chi connectivity index (χ2n) is 8.73. The summed E-state index contributed by atoms with van der Waals surface area (Å²) in [5.41, 5.74) is 4.63. The minimum atomic E-state index is -0.603. The molecule has 5 rings (SSSR count). The van der Waals surface area contributed by atoms with Gasteiger partial charge in [-0.3, -0.25) is 19.8 Å². The molecule has 4 heterocycles. The topological polar surface area (TPSA) is 89.8 Å². The van der Waals surface area contributed by atoms with Gasteiger partial charge in [0.25, 0.3) is 5.91 Å². The van der Waals surface area contributed by atoms with Crippen molar-refractivity contribution >= 4 is 22.8 Å². The highest BCUT2D eigenvalue weighted by Gasteiger charge is 2.28. The number of anilines is 1. The molecule has 3 aromatic rings. The van der Waals surface area contributed by atoms with E-state index in [1.54, 1.807) is 5.48 Å². The van der Waals surface area contributed by atoms with Gasteiger partial charge in [-0.2, -0.15) is 0 Å². The van der Waals surface area contributed by atoms with E-state index in [1.807, 2.05) is 0 Å². The van der Waals surface area contributed by atoms with E-state index in [-0.39, 0.29) is 5.56 Å². The van der Waals surface area contributed by atoms with Crippen molar-refractivity contribution < 1.29 is 10.0 Å². The van der Waals surface area contributed by atoms with E-state index in [9.17, 15) is 4.79 Å². The summed E-state index contributed by atoms with van der Waals surface area (Å²) in [4.78, 5) is 27.2. The fourth-order valence-electron chi connectivity index (χ4n) is 4.95. The first-order valence-electron chi connectivity index (χ1n) is 11.1. The van der Waals surface area contributed by atoms with Crippen LogP contribution >= 0.6 is 0 Å². The van der Waals surface area contributed by atoms with Gasteiger partial charge in [-0.25, -0.2) is 15.4 Å². The molecule has 0 radical (unpaired) electrons. The number of carbonyl (C=O) groups excluding carboxylic acids is 1. The van der Waals surface area contributed by atoms with Crippen molar-refractivity contribution in [3.63, 3.8) is 0 Å². The normalized spacial score (nSPS) is 20.2. The fourth-order valence-corrected chi connectivity index (χ4v) is 4.95. The van der Waals surface area contributed by atoms with Gasteiger partial charge in [0.05, 0.1) is 12.2 Å². The van der Waals surface area contributed by atoms with Crippen molar-refractivity contribution in [2.75, 3.05) is 50.8 Å². The molecule has 32 heavy (non-hydrogen) atoms. The Hall–Kier alpha value is -3.01. The number of hydrogen-bond acceptors (Lipinski definition) is 7. The molecule has 2 fully saturated rings. The third-order valence-electron chi connectivity index (χ3n) is 6.70. The SMILES string of the molecule is Cn1cc(C2CCN(CN3CCN(c4ncc(C(=O)NO)cn4)CC3)C2)c2ccccc21. The Labute approximate surface area is 187 Å². The zero-order valence-corrected chi connectivity index (χ0v) is 18.3. The van der Waals surface area contributed by atoms with Crippen LogP contribution in [0.25, 0.3) is 10.9 Å². The predicted molar refractivity (Wildman–Crippen MR) is 122 cm³/mol. The molecular formula is C23H29N7O2. The van der Waals surface area contributed by atoms with Crippen molar-refractivity contribution in [3.05, 3.63) is 54.0 Å². The van der Waals surface area contributed by atoms with Crippen molar-refractivity contribution in [1.82, 2.24) is 29.8 Å². The van der Waals surface area contributed by atoms with E-state index in [1.165, 1.54) is 35.3 Å². The van der Waals surface area contributed by atoms with Gasteiger partial charge >= 0.3 is 0 Å². The summed E-state index contributed by atoms with van der Waals surface area (Å²) in [6, 6.07) is 8.69. The number of para-hydroxylation sites is 1. The van der Waals surface area contributed by atoms with E-state index in [4.69, 9.17) is 5.21 Å². The number of carbonyl (C=O) groups is 1. The van der Waals surface area contributed by atoms with Gasteiger partial charge in [0.2, 0.25) is 5.95 Å². The number of rotatable bonds is 5. The maximum atomic E-state index is 11.4. The zero-order chi connectivity index (χ0) is 22.1. The summed E-state index contributed by atoms with van der Waals surface area (Å²) in [6.45, 7) is 6.84. The van der Waals surface area contributed by atoms with Gasteiger partial charge in [0.1, 0.15) is 0 Å². The molecule has 1 aromatic carbocycles. The summed E-state index contributed by atoms with van der Waals surface area (Å²) < 4.78 is 2.25. The summed E-state index contributed by atoms with van der Waals surface area (Å²) in [5, 5.41) is 10.1. The van der Waals surface area contributed by atoms with E-state index >= 15 is 0 Å². The minimum Gasteiger partial charge on any atom is -0.350 e. The minimum absolute atomic E-state index is 0.240. The first kappa shape index (κ1) is 20.9. The maximum Gasteiger partial charge on any atom is 0.277 e. The number of nitrogens with one attached hydrogen (secondary N) is 1. The molecule has 0 aliphatic carbocycles. The molecule has 9 nitrogen and oxygen atoms in total. The van der Waals surface area contributed by atoms with Gasteiger partial charge in [0.15, 0.2) is 0 Å². The highest BCUT2D eigenvalue weighted by Crippen LogP contribution is 2.33. The Morgan fingerprint density at radius 2 is 1.84 bits per heavy atom. The van der Waals surface area contributed by atoms with Crippen molar-refractivity contribution in [3.8, 4) is 0 Å². The molecule has 0 spiro atoms. The lowest BCUT2D eigenvalue weighted by Gasteiger charge is -2.36. The predicted octanol–water partition coefficient (Wildman–Crippen LogP) is 1.66. The Balaban J connectivity index is 1.15. The van der Waals surface area contributed by atoms with E-state index < -0.39 is 5.91 Å². The first-order valence-corrected chi connectivity index (χ1v) is 11.1. The molecule has 0 bridgehead atoms. The monoisotopic (exact) mass is 435 g/mol. The number of fused-ring (bicyclic) bond motifs is 1. The van der Waals surface area contributed by atoms with Crippen LogP contribution in [-0.4, -0.2) is 81.4 Å². The molecule has 168 valence electrons. The number of hydroxylamine groups is 1. The summed E-state index contributed by atoms with van der Waals surface area (Å²) in [6.07, 6.45) is 6.40. The molecule has 9 heteroatoms. The van der Waals surface area contributed by atoms with Crippen LogP contribution in [-0.2, 0) is 7.05 Å². The number of amides is 1. The summed E-state index contributed by atoms with van der Waals surface area (Å²) >= 11 is 0. The molecule has 1 amide bonds. The Morgan fingerprint density at radius 3 is 2.59 bits per heavy atom. The van der Waals surface area contributed by atoms with Gasteiger partial charge < -0.3 is 9.47 Å². The maximum absolute atomic E-state index is 11.4. The lowest BCUT2D eigenvalue weighted by Crippen LogP contribution is -2.50. The number of piperazine rings is 1. The van der Waals surface area contributed by atoms with Crippen LogP contribution in [0.15, 0.2) is 42.9 Å². The van der Waals surface area contributed by atoms with Gasteiger partial charge in [-0.05, 0) is 24.0 Å². The van der Waals surface area contributed by atoms with Crippen molar-refractivity contribution in [2.45, 2.75) is 12.3 Å². The van der Waals surface area contributed by atoms with E-state index in [2.05, 4.69) is 66.7 Å². The third-order valence-corrected chi connectivity index (χ3v) is 6.70. The zero-order valence-electron chi connectivity index (χ0n) is 18.3. The van der Waals surface area contributed by atoms with Crippen LogP contribution < -0.4 is 10.4 Å². The van der Waals surface area contributed by atoms with Crippen molar-refractivity contribution in [2.24, 2.45) is 7.05 Å². The smallest absolute Gasteiger partial charge is 0.277 e. The number of nitrogens with zero attached hydrogens (tertiary/aromatic N) is 6. The number of aryl methyl sites for hydroxylation is 1. The molecule has 1 atom stereocenters. The largest absolute Gasteiger partial charge is 0.350 e. The van der Waals surface area contributed by atoms with Gasteiger partial charge in [-0.1, -0.05) is 18.2 Å². The molecule has 2 aliphatic rings.